The number of nitrogens with two attached hydrogens (primary N) is 1. The van der Waals surface area contributed by atoms with E-state index in [9.17, 15) is 18.0 Å². The second kappa shape index (κ2) is 36.1. The van der Waals surface area contributed by atoms with Crippen molar-refractivity contribution in [3.63, 3.8) is 0 Å². The molecule has 3 N–H and O–H groups in total. The average molecular weight is 1100 g/mol. The fourth-order valence-electron chi connectivity index (χ4n) is 6.80. The van der Waals surface area contributed by atoms with Crippen molar-refractivity contribution in [3.05, 3.63) is 174 Å². The molecule has 0 amide bonds. The first-order valence-corrected chi connectivity index (χ1v) is 26.7. The maximum atomic E-state index is 12.2. The summed E-state index contributed by atoms with van der Waals surface area (Å²) in [4.78, 5) is 24.4. The van der Waals surface area contributed by atoms with Crippen molar-refractivity contribution in [2.45, 2.75) is 178 Å². The number of halogens is 1. The van der Waals surface area contributed by atoms with Gasteiger partial charge in [-0.05, 0) is 186 Å². The molecule has 0 radical (unpaired) electrons. The van der Waals surface area contributed by atoms with Crippen LogP contribution < -0.4 is 10.5 Å². The molecule has 0 aliphatic heterocycles. The van der Waals surface area contributed by atoms with Gasteiger partial charge in [-0.15, -0.1) is 12.4 Å². The van der Waals surface area contributed by atoms with Gasteiger partial charge in [0.1, 0.15) is 17.3 Å². The molecule has 5 atom stereocenters. The van der Waals surface area contributed by atoms with Crippen molar-refractivity contribution < 1.29 is 18.0 Å². The van der Waals surface area contributed by atoms with Crippen LogP contribution in [0.2, 0.25) is 0 Å². The molecule has 0 aromatic heterocycles. The maximum absolute atomic E-state index is 12.2. The van der Waals surface area contributed by atoms with Crippen molar-refractivity contribution in [2.75, 3.05) is 0 Å². The van der Waals surface area contributed by atoms with E-state index in [1.54, 1.807) is 12.3 Å². The molecule has 0 saturated heterocycles. The number of carbonyl (C=O) groups excluding carboxylic acids is 2. The van der Waals surface area contributed by atoms with Crippen LogP contribution in [0.15, 0.2) is 100 Å². The van der Waals surface area contributed by atoms with Crippen LogP contribution in [-0.2, 0) is 26.8 Å². The Morgan fingerprint density at radius 3 is 1.33 bits per heavy atom. The standard InChI is InChI=1S/C15H25NOS.C13H19NOS.C12H15NO.C11H17N.C9H10O.ClH.2H2S/c1-7-14(16-18(17)15(4,5)6)13-10-11(2)8-9-12(13)3;1-10-6-7-11(2)12(8-10)9-14-16(15)13(3,4)5;1-4-12(13-8-14)11-7-9(2)5-6-10(11)3;1-4-11(12)10-7-8(2)5-6-9(10)3;1-7-3-4-8(2)9(5-7)6-10;;;/h8-10,14,16H,7H2,1-6H3;6-9H,1-5H3;5-7,12H,4H2,1-3H3;5-7,11H,4,12H2,1-3H3;3-6H,1-2H3;1H;2*1H2/t14-,18?;;12-;11-;;;;/m1.11..../s1. The van der Waals surface area contributed by atoms with Crippen LogP contribution in [-0.4, -0.2) is 36.5 Å². The van der Waals surface area contributed by atoms with E-state index in [-0.39, 0.29) is 67.0 Å². The number of rotatable bonds is 12. The highest BCUT2D eigenvalue weighted by molar-refractivity contribution is 7.85. The van der Waals surface area contributed by atoms with Gasteiger partial charge in [-0.1, -0.05) is 134 Å². The van der Waals surface area contributed by atoms with Gasteiger partial charge in [0.05, 0.1) is 26.5 Å². The van der Waals surface area contributed by atoms with Crippen molar-refractivity contribution in [1.29, 1.82) is 0 Å². The monoisotopic (exact) mass is 1090 g/mol. The SMILES string of the molecule is CC[C@@H](N)c1cc(C)ccc1C.CC[C@@H](N=C=O)c1cc(C)ccc1C.CC[C@@H](NS(=O)C(C)(C)C)c1cc(C)ccc1C.Cc1ccc(C)c(C=NS(=O)C(C)(C)C)c1.Cc1ccc(C)c(C=O)c1.Cl.S.S. The molecule has 0 spiro atoms. The zero-order chi connectivity index (χ0) is 53.5. The predicted molar refractivity (Wildman–Crippen MR) is 331 cm³/mol. The van der Waals surface area contributed by atoms with Crippen LogP contribution in [0.25, 0.3) is 0 Å². The third-order valence-corrected chi connectivity index (χ3v) is 14.5. The van der Waals surface area contributed by atoms with Crippen LogP contribution >= 0.6 is 39.4 Å². The van der Waals surface area contributed by atoms with Crippen LogP contribution in [0.5, 0.6) is 0 Å². The van der Waals surface area contributed by atoms with Crippen molar-refractivity contribution in [2.24, 2.45) is 15.1 Å². The molecule has 0 aliphatic rings. The lowest BCUT2D eigenvalue weighted by Crippen LogP contribution is -2.35. The van der Waals surface area contributed by atoms with Gasteiger partial charge < -0.3 is 5.73 Å². The van der Waals surface area contributed by atoms with Gasteiger partial charge in [-0.25, -0.2) is 17.9 Å². The average Bonchev–Trinajstić information content (AvgIpc) is 3.30. The normalized spacial score (nSPS) is 12.7. The minimum absolute atomic E-state index is 0. The summed E-state index contributed by atoms with van der Waals surface area (Å²) in [6.45, 7) is 38.5. The number of aliphatic imine (C=N–C) groups is 1. The lowest BCUT2D eigenvalue weighted by molar-refractivity contribution is 0.112. The molecule has 406 valence electrons. The van der Waals surface area contributed by atoms with E-state index in [1.807, 2.05) is 108 Å². The number of nitrogens with one attached hydrogen (secondary N) is 1. The second-order valence-corrected chi connectivity index (χ2v) is 24.1. The number of carbonyl (C=O) groups is 1. The third-order valence-electron chi connectivity index (χ3n) is 11.5. The Hall–Kier alpha value is -3.97. The fourth-order valence-corrected chi connectivity index (χ4v) is 8.23. The zero-order valence-electron chi connectivity index (χ0n) is 47.5. The highest BCUT2D eigenvalue weighted by Crippen LogP contribution is 2.26. The highest BCUT2D eigenvalue weighted by atomic mass is 35.5. The number of aryl methyl sites for hydroxylation is 10. The van der Waals surface area contributed by atoms with Crippen molar-refractivity contribution >= 4 is 80.0 Å². The summed E-state index contributed by atoms with van der Waals surface area (Å²) in [7, 11) is -2.22. The highest BCUT2D eigenvalue weighted by Gasteiger charge is 2.24. The number of isocyanates is 1. The summed E-state index contributed by atoms with van der Waals surface area (Å²) in [5, 5.41) is 0. The maximum Gasteiger partial charge on any atom is 0.235 e. The molecule has 8 nitrogen and oxygen atoms in total. The van der Waals surface area contributed by atoms with Gasteiger partial charge in [-0.3, -0.25) is 4.79 Å². The molecular weight excluding hydrogens is 1000 g/mol. The number of hydrogen-bond donors (Lipinski definition) is 2. The Labute approximate surface area is 467 Å². The second-order valence-electron chi connectivity index (χ2n) is 20.1. The van der Waals surface area contributed by atoms with E-state index in [1.165, 1.54) is 50.1 Å². The van der Waals surface area contributed by atoms with Crippen LogP contribution in [0.1, 0.15) is 188 Å². The first kappa shape index (κ1) is 73.3. The number of hydrogen-bond acceptors (Lipinski definition) is 6. The Morgan fingerprint density at radius 2 is 0.945 bits per heavy atom. The molecule has 2 unspecified atom stereocenters. The van der Waals surface area contributed by atoms with Gasteiger partial charge in [0, 0.05) is 23.9 Å². The predicted octanol–water partition coefficient (Wildman–Crippen LogP) is 15.6. The van der Waals surface area contributed by atoms with E-state index >= 15 is 0 Å². The smallest absolute Gasteiger partial charge is 0.235 e. The number of nitrogens with zero attached hydrogens (tertiary/aromatic N) is 2. The van der Waals surface area contributed by atoms with Crippen LogP contribution in [0, 0.1) is 69.2 Å². The molecule has 5 rings (SSSR count). The lowest BCUT2D eigenvalue weighted by Gasteiger charge is -2.25. The molecule has 0 heterocycles. The first-order chi connectivity index (χ1) is 32.6. The summed E-state index contributed by atoms with van der Waals surface area (Å²) < 4.78 is 30.8. The summed E-state index contributed by atoms with van der Waals surface area (Å²) in [6.07, 6.45) is 7.02. The summed E-state index contributed by atoms with van der Waals surface area (Å²) in [5.74, 6) is 0. The summed E-state index contributed by atoms with van der Waals surface area (Å²) in [5.41, 5.74) is 23.5. The topological polar surface area (TPSA) is 131 Å². The van der Waals surface area contributed by atoms with Gasteiger partial charge in [0.25, 0.3) is 0 Å². The lowest BCUT2D eigenvalue weighted by atomic mass is 9.98. The Morgan fingerprint density at radius 1 is 0.562 bits per heavy atom. The van der Waals surface area contributed by atoms with Crippen LogP contribution in [0.3, 0.4) is 0 Å². The quantitative estimate of drug-likeness (QED) is 0.0730. The Bertz CT molecular complexity index is 2580. The minimum Gasteiger partial charge on any atom is -0.324 e. The van der Waals surface area contributed by atoms with Crippen LogP contribution in [0.4, 0.5) is 0 Å². The Kier molecular flexibility index (Phi) is 36.2. The molecule has 0 saturated carbocycles. The molecule has 0 fully saturated rings. The van der Waals surface area contributed by atoms with Gasteiger partial charge >= 0.3 is 0 Å². The number of aldehydes is 1. The molecule has 13 heteroatoms. The Balaban J connectivity index is -0.000000840. The molecule has 5 aromatic rings. The van der Waals surface area contributed by atoms with E-state index in [4.69, 9.17) is 5.73 Å². The third kappa shape index (κ3) is 26.9. The first-order valence-electron chi connectivity index (χ1n) is 24.4. The fraction of sp³-hybridized carbons (Fsp3) is 0.450. The van der Waals surface area contributed by atoms with Crippen molar-refractivity contribution in [1.82, 2.24) is 4.72 Å². The summed E-state index contributed by atoms with van der Waals surface area (Å²) >= 11 is 0. The molecule has 0 bridgehead atoms. The van der Waals surface area contributed by atoms with Gasteiger partial charge in [-0.2, -0.15) is 36.4 Å². The van der Waals surface area contributed by atoms with Crippen molar-refractivity contribution in [3.8, 4) is 0 Å². The molecule has 0 aliphatic carbocycles. The van der Waals surface area contributed by atoms with Gasteiger partial charge in [0.2, 0.25) is 6.08 Å². The molecule has 5 aromatic carbocycles. The largest absolute Gasteiger partial charge is 0.324 e. The summed E-state index contributed by atoms with van der Waals surface area (Å²) in [6, 6.07) is 31.4. The molecule has 73 heavy (non-hydrogen) atoms. The van der Waals surface area contributed by atoms with E-state index < -0.39 is 22.0 Å². The minimum atomic E-state index is -1.18. The number of benzene rings is 5. The van der Waals surface area contributed by atoms with Gasteiger partial charge in [0.15, 0.2) is 0 Å². The van der Waals surface area contributed by atoms with E-state index in [2.05, 4.69) is 128 Å². The van der Waals surface area contributed by atoms with E-state index in [0.29, 0.717) is 0 Å². The zero-order valence-corrected chi connectivity index (χ0v) is 51.9. The molecular formula is C60H91ClN4O4S4. The van der Waals surface area contributed by atoms with E-state index in [0.717, 1.165) is 58.9 Å².